The van der Waals surface area contributed by atoms with E-state index in [4.69, 9.17) is 15.2 Å². The number of aldehydes is 1. The number of fused-ring (bicyclic) bond motifs is 1. The third-order valence-electron chi connectivity index (χ3n) is 4.60. The van der Waals surface area contributed by atoms with E-state index in [0.717, 1.165) is 52.7 Å². The van der Waals surface area contributed by atoms with Crippen molar-refractivity contribution in [3.63, 3.8) is 0 Å². The maximum atomic E-state index is 10.6. The Balaban J connectivity index is 1.51. The second-order valence-corrected chi connectivity index (χ2v) is 6.95. The van der Waals surface area contributed by atoms with E-state index in [1.54, 1.807) is 6.07 Å². The molecule has 0 saturated carbocycles. The molecule has 0 bridgehead atoms. The van der Waals surface area contributed by atoms with Crippen LogP contribution in [0.5, 0.6) is 11.5 Å². The number of ether oxygens (including phenoxy) is 2. The Labute approximate surface area is 165 Å². The maximum absolute atomic E-state index is 10.6. The van der Waals surface area contributed by atoms with Crippen LogP contribution in [-0.4, -0.2) is 24.0 Å². The number of rotatable bonds is 9. The van der Waals surface area contributed by atoms with Crippen LogP contribution >= 0.6 is 0 Å². The lowest BCUT2D eigenvalue weighted by Gasteiger charge is -2.16. The number of anilines is 1. The number of pyridine rings is 1. The molecule has 28 heavy (non-hydrogen) atoms. The summed E-state index contributed by atoms with van der Waals surface area (Å²) in [6.07, 6.45) is 3.12. The van der Waals surface area contributed by atoms with Gasteiger partial charge in [0.2, 0.25) is 0 Å². The molecule has 0 aliphatic heterocycles. The molecule has 0 amide bonds. The lowest BCUT2D eigenvalue weighted by Crippen LogP contribution is -2.14. The van der Waals surface area contributed by atoms with E-state index in [9.17, 15) is 4.79 Å². The minimum Gasteiger partial charge on any atom is -0.493 e. The standard InChI is InChI=1S/C23H26N2O3/c1-16-15-18(12-13-26)8-10-20(16)27-14-4-5-17(2)28-21-7-3-6-19-9-11-22(24)25-23(19)21/h3,6-11,13,15,17H,4-5,12,14H2,1-2H3,(H2,24,25). The van der Waals surface area contributed by atoms with E-state index in [-0.39, 0.29) is 6.10 Å². The van der Waals surface area contributed by atoms with Crippen LogP contribution < -0.4 is 15.2 Å². The molecule has 146 valence electrons. The van der Waals surface area contributed by atoms with E-state index < -0.39 is 0 Å². The lowest BCUT2D eigenvalue weighted by molar-refractivity contribution is -0.107. The summed E-state index contributed by atoms with van der Waals surface area (Å²) in [5.41, 5.74) is 8.65. The van der Waals surface area contributed by atoms with Gasteiger partial charge in [0.05, 0.1) is 12.7 Å². The van der Waals surface area contributed by atoms with E-state index in [1.165, 1.54) is 0 Å². The number of hydrogen-bond donors (Lipinski definition) is 1. The van der Waals surface area contributed by atoms with Crippen LogP contribution in [0, 0.1) is 6.92 Å². The Morgan fingerprint density at radius 1 is 1.14 bits per heavy atom. The van der Waals surface area contributed by atoms with Gasteiger partial charge in [-0.25, -0.2) is 4.98 Å². The van der Waals surface area contributed by atoms with Crippen LogP contribution in [-0.2, 0) is 11.2 Å². The molecular weight excluding hydrogens is 352 g/mol. The number of nitrogens with zero attached hydrogens (tertiary/aromatic N) is 1. The van der Waals surface area contributed by atoms with E-state index in [1.807, 2.05) is 56.3 Å². The van der Waals surface area contributed by atoms with E-state index in [2.05, 4.69) is 4.98 Å². The highest BCUT2D eigenvalue weighted by Gasteiger charge is 2.09. The van der Waals surface area contributed by atoms with Crippen molar-refractivity contribution in [2.24, 2.45) is 0 Å². The lowest BCUT2D eigenvalue weighted by atomic mass is 10.1. The predicted octanol–water partition coefficient (Wildman–Crippen LogP) is 4.49. The Morgan fingerprint density at radius 3 is 2.79 bits per heavy atom. The van der Waals surface area contributed by atoms with Gasteiger partial charge in [0.25, 0.3) is 0 Å². The second-order valence-electron chi connectivity index (χ2n) is 6.95. The third-order valence-corrected chi connectivity index (χ3v) is 4.60. The smallest absolute Gasteiger partial charge is 0.146 e. The summed E-state index contributed by atoms with van der Waals surface area (Å²) in [6.45, 7) is 4.65. The van der Waals surface area contributed by atoms with Crippen molar-refractivity contribution < 1.29 is 14.3 Å². The monoisotopic (exact) mass is 378 g/mol. The molecule has 0 radical (unpaired) electrons. The molecule has 3 rings (SSSR count). The van der Waals surface area contributed by atoms with E-state index in [0.29, 0.717) is 18.8 Å². The van der Waals surface area contributed by atoms with Gasteiger partial charge < -0.3 is 20.0 Å². The number of carbonyl (C=O) groups is 1. The zero-order valence-corrected chi connectivity index (χ0v) is 16.4. The number of carbonyl (C=O) groups excluding carboxylic acids is 1. The highest BCUT2D eigenvalue weighted by molar-refractivity contribution is 5.85. The van der Waals surface area contributed by atoms with Crippen molar-refractivity contribution in [2.45, 2.75) is 39.2 Å². The van der Waals surface area contributed by atoms with Crippen LogP contribution in [0.25, 0.3) is 10.9 Å². The van der Waals surface area contributed by atoms with Crippen molar-refractivity contribution in [3.8, 4) is 11.5 Å². The average molecular weight is 378 g/mol. The number of para-hydroxylation sites is 1. The molecule has 0 aliphatic carbocycles. The van der Waals surface area contributed by atoms with Crippen LogP contribution in [0.15, 0.2) is 48.5 Å². The first-order valence-corrected chi connectivity index (χ1v) is 9.54. The largest absolute Gasteiger partial charge is 0.493 e. The van der Waals surface area contributed by atoms with Gasteiger partial charge in [0, 0.05) is 11.8 Å². The highest BCUT2D eigenvalue weighted by atomic mass is 16.5. The first kappa shape index (κ1) is 19.7. The molecule has 5 heteroatoms. The maximum Gasteiger partial charge on any atom is 0.146 e. The van der Waals surface area contributed by atoms with Gasteiger partial charge in [-0.3, -0.25) is 0 Å². The van der Waals surface area contributed by atoms with Crippen LogP contribution in [0.3, 0.4) is 0 Å². The molecule has 2 N–H and O–H groups in total. The van der Waals surface area contributed by atoms with Gasteiger partial charge in [0.15, 0.2) is 0 Å². The molecule has 0 saturated heterocycles. The van der Waals surface area contributed by atoms with Gasteiger partial charge in [-0.2, -0.15) is 0 Å². The summed E-state index contributed by atoms with van der Waals surface area (Å²) in [5, 5.41) is 1.01. The summed E-state index contributed by atoms with van der Waals surface area (Å²) in [5.74, 6) is 2.09. The third kappa shape index (κ3) is 5.00. The number of nitrogen functional groups attached to an aromatic ring is 1. The normalized spacial score (nSPS) is 11.9. The quantitative estimate of drug-likeness (QED) is 0.438. The van der Waals surface area contributed by atoms with Crippen molar-refractivity contribution in [1.29, 1.82) is 0 Å². The van der Waals surface area contributed by atoms with Crippen LogP contribution in [0.4, 0.5) is 5.82 Å². The molecule has 2 aromatic carbocycles. The molecule has 5 nitrogen and oxygen atoms in total. The molecule has 0 fully saturated rings. The first-order valence-electron chi connectivity index (χ1n) is 9.54. The molecule has 1 heterocycles. The highest BCUT2D eigenvalue weighted by Crippen LogP contribution is 2.26. The number of benzene rings is 2. The molecule has 1 aromatic heterocycles. The average Bonchev–Trinajstić information content (AvgIpc) is 2.67. The molecule has 1 atom stereocenters. The zero-order valence-electron chi connectivity index (χ0n) is 16.4. The molecule has 0 spiro atoms. The minimum atomic E-state index is 0.0356. The summed E-state index contributed by atoms with van der Waals surface area (Å²) in [6, 6.07) is 15.5. The fourth-order valence-corrected chi connectivity index (χ4v) is 3.16. The van der Waals surface area contributed by atoms with Crippen LogP contribution in [0.2, 0.25) is 0 Å². The Morgan fingerprint density at radius 2 is 2.00 bits per heavy atom. The first-order chi connectivity index (χ1) is 13.6. The molecule has 3 aromatic rings. The second kappa shape index (κ2) is 9.22. The van der Waals surface area contributed by atoms with Crippen molar-refractivity contribution in [1.82, 2.24) is 4.98 Å². The van der Waals surface area contributed by atoms with Crippen LogP contribution in [0.1, 0.15) is 30.9 Å². The summed E-state index contributed by atoms with van der Waals surface area (Å²) < 4.78 is 12.0. The zero-order chi connectivity index (χ0) is 19.9. The molecule has 1 unspecified atom stereocenters. The Bertz CT molecular complexity index is 956. The summed E-state index contributed by atoms with van der Waals surface area (Å²) in [4.78, 5) is 15.0. The molecule has 0 aliphatic rings. The SMILES string of the molecule is Cc1cc(CC=O)ccc1OCCCC(C)Oc1cccc2ccc(N)nc12. The van der Waals surface area contributed by atoms with Gasteiger partial charge >= 0.3 is 0 Å². The number of hydrogen-bond acceptors (Lipinski definition) is 5. The minimum absolute atomic E-state index is 0.0356. The van der Waals surface area contributed by atoms with Gasteiger partial charge in [-0.05, 0) is 62.1 Å². The van der Waals surface area contributed by atoms with Crippen molar-refractivity contribution >= 4 is 23.0 Å². The predicted molar refractivity (Wildman–Crippen MR) is 112 cm³/mol. The van der Waals surface area contributed by atoms with Gasteiger partial charge in [-0.15, -0.1) is 0 Å². The summed E-state index contributed by atoms with van der Waals surface area (Å²) >= 11 is 0. The number of aromatic nitrogens is 1. The Kier molecular flexibility index (Phi) is 6.48. The van der Waals surface area contributed by atoms with Crippen molar-refractivity contribution in [3.05, 3.63) is 59.7 Å². The summed E-state index contributed by atoms with van der Waals surface area (Å²) in [7, 11) is 0. The fraction of sp³-hybridized carbons (Fsp3) is 0.304. The Hall–Kier alpha value is -3.08. The topological polar surface area (TPSA) is 74.4 Å². The molecular formula is C23H26N2O3. The number of nitrogens with two attached hydrogens (primary N) is 1. The number of aryl methyl sites for hydroxylation is 1. The van der Waals surface area contributed by atoms with Gasteiger partial charge in [0.1, 0.15) is 29.1 Å². The van der Waals surface area contributed by atoms with E-state index >= 15 is 0 Å². The van der Waals surface area contributed by atoms with Crippen molar-refractivity contribution in [2.75, 3.05) is 12.3 Å². The van der Waals surface area contributed by atoms with Gasteiger partial charge in [-0.1, -0.05) is 24.3 Å². The fourth-order valence-electron chi connectivity index (χ4n) is 3.16.